The number of ether oxygens (including phenoxy) is 1. The predicted molar refractivity (Wildman–Crippen MR) is 79.2 cm³/mol. The van der Waals surface area contributed by atoms with E-state index < -0.39 is 0 Å². The minimum Gasteiger partial charge on any atom is -0.496 e. The van der Waals surface area contributed by atoms with E-state index in [4.69, 9.17) is 4.74 Å². The van der Waals surface area contributed by atoms with E-state index in [-0.39, 0.29) is 0 Å². The number of aryl methyl sites for hydroxylation is 1. The smallest absolute Gasteiger partial charge is 0.124 e. The van der Waals surface area contributed by atoms with Crippen LogP contribution in [0.5, 0.6) is 5.75 Å². The third-order valence-corrected chi connectivity index (χ3v) is 4.50. The van der Waals surface area contributed by atoms with Gasteiger partial charge in [-0.1, -0.05) is 15.9 Å². The summed E-state index contributed by atoms with van der Waals surface area (Å²) in [7, 11) is 1.68. The summed E-state index contributed by atoms with van der Waals surface area (Å²) in [5.74, 6) is 0.877. The fourth-order valence-corrected chi connectivity index (χ4v) is 2.55. The molecule has 0 unspecified atom stereocenters. The zero-order chi connectivity index (χ0) is 13.3. The van der Waals surface area contributed by atoms with Crippen LogP contribution in [0.2, 0.25) is 0 Å². The van der Waals surface area contributed by atoms with Gasteiger partial charge in [0.1, 0.15) is 5.75 Å². The van der Waals surface area contributed by atoms with Crippen molar-refractivity contribution in [2.75, 3.05) is 7.11 Å². The van der Waals surface area contributed by atoms with E-state index in [1.165, 1.54) is 0 Å². The lowest BCUT2D eigenvalue weighted by Crippen LogP contribution is -2.05. The second kappa shape index (κ2) is 5.45. The molecule has 0 atom stereocenters. The summed E-state index contributed by atoms with van der Waals surface area (Å²) < 4.78 is 9.46. The third-order valence-electron chi connectivity index (χ3n) is 2.86. The molecule has 0 spiro atoms. The van der Waals surface area contributed by atoms with Crippen molar-refractivity contribution < 1.29 is 4.74 Å². The van der Waals surface area contributed by atoms with Gasteiger partial charge in [-0.25, -0.2) is 0 Å². The maximum Gasteiger partial charge on any atom is 0.124 e. The molecular weight excluding hydrogens is 360 g/mol. The van der Waals surface area contributed by atoms with E-state index in [9.17, 15) is 0 Å². The van der Waals surface area contributed by atoms with Crippen molar-refractivity contribution in [3.8, 4) is 5.75 Å². The lowest BCUT2D eigenvalue weighted by Gasteiger charge is -2.10. The molecule has 0 aliphatic rings. The lowest BCUT2D eigenvalue weighted by atomic mass is 10.2. The molecule has 1 heterocycles. The normalized spacial score (nSPS) is 10.7. The van der Waals surface area contributed by atoms with Crippen LogP contribution < -0.4 is 4.74 Å². The molecule has 5 heteroatoms. The summed E-state index contributed by atoms with van der Waals surface area (Å²) in [5, 5.41) is 4.51. The van der Waals surface area contributed by atoms with Crippen LogP contribution >= 0.6 is 31.9 Å². The molecule has 0 aliphatic heterocycles. The standard InChI is InChI=1S/C13H14Br2N2O/c1-8-13(15)9(2)17(16-8)7-10-6-11(14)4-5-12(10)18-3/h4-6H,7H2,1-3H3. The summed E-state index contributed by atoms with van der Waals surface area (Å²) in [6.07, 6.45) is 0. The largest absolute Gasteiger partial charge is 0.496 e. The van der Waals surface area contributed by atoms with Crippen molar-refractivity contribution in [3.05, 3.63) is 44.1 Å². The Morgan fingerprint density at radius 2 is 2.00 bits per heavy atom. The molecule has 0 fully saturated rings. The summed E-state index contributed by atoms with van der Waals surface area (Å²) in [6, 6.07) is 5.99. The van der Waals surface area contributed by atoms with E-state index >= 15 is 0 Å². The molecular formula is C13H14Br2N2O. The Morgan fingerprint density at radius 3 is 2.56 bits per heavy atom. The molecule has 0 saturated heterocycles. The van der Waals surface area contributed by atoms with Gasteiger partial charge < -0.3 is 4.74 Å². The van der Waals surface area contributed by atoms with Crippen LogP contribution in [0.3, 0.4) is 0 Å². The summed E-state index contributed by atoms with van der Waals surface area (Å²) >= 11 is 7.02. The molecule has 96 valence electrons. The predicted octanol–water partition coefficient (Wildman–Crippen LogP) is 4.08. The molecule has 1 aromatic heterocycles. The maximum atomic E-state index is 5.38. The van der Waals surface area contributed by atoms with Crippen LogP contribution in [0, 0.1) is 13.8 Å². The summed E-state index contributed by atoms with van der Waals surface area (Å²) in [6.45, 7) is 4.74. The van der Waals surface area contributed by atoms with Gasteiger partial charge in [0.25, 0.3) is 0 Å². The highest BCUT2D eigenvalue weighted by Gasteiger charge is 2.11. The first-order chi connectivity index (χ1) is 8.52. The number of aromatic nitrogens is 2. The van der Waals surface area contributed by atoms with E-state index in [2.05, 4.69) is 49.9 Å². The second-order valence-corrected chi connectivity index (χ2v) is 5.81. The molecule has 2 rings (SSSR count). The summed E-state index contributed by atoms with van der Waals surface area (Å²) in [5.41, 5.74) is 3.22. The van der Waals surface area contributed by atoms with Crippen molar-refractivity contribution in [2.24, 2.45) is 0 Å². The Hall–Kier alpha value is -0.810. The third kappa shape index (κ3) is 2.62. The fraction of sp³-hybridized carbons (Fsp3) is 0.308. The molecule has 0 bridgehead atoms. The van der Waals surface area contributed by atoms with Gasteiger partial charge in [-0.05, 0) is 48.0 Å². The zero-order valence-corrected chi connectivity index (χ0v) is 13.7. The highest BCUT2D eigenvalue weighted by molar-refractivity contribution is 9.10. The van der Waals surface area contributed by atoms with E-state index in [0.29, 0.717) is 6.54 Å². The minimum absolute atomic E-state index is 0.695. The first-order valence-electron chi connectivity index (χ1n) is 5.55. The Kier molecular flexibility index (Phi) is 4.12. The van der Waals surface area contributed by atoms with Crippen molar-refractivity contribution in [2.45, 2.75) is 20.4 Å². The molecule has 0 saturated carbocycles. The molecule has 3 nitrogen and oxygen atoms in total. The van der Waals surface area contributed by atoms with Gasteiger partial charge in [-0.2, -0.15) is 5.10 Å². The van der Waals surface area contributed by atoms with Gasteiger partial charge in [0.2, 0.25) is 0 Å². The first-order valence-corrected chi connectivity index (χ1v) is 7.13. The first kappa shape index (κ1) is 13.6. The minimum atomic E-state index is 0.695. The van der Waals surface area contributed by atoms with Crippen molar-refractivity contribution in [1.82, 2.24) is 9.78 Å². The quantitative estimate of drug-likeness (QED) is 0.810. The maximum absolute atomic E-state index is 5.38. The lowest BCUT2D eigenvalue weighted by molar-refractivity contribution is 0.407. The Bertz CT molecular complexity index is 579. The summed E-state index contributed by atoms with van der Waals surface area (Å²) in [4.78, 5) is 0. The monoisotopic (exact) mass is 372 g/mol. The Morgan fingerprint density at radius 1 is 1.28 bits per heavy atom. The van der Waals surface area contributed by atoms with Crippen molar-refractivity contribution in [3.63, 3.8) is 0 Å². The van der Waals surface area contributed by atoms with Crippen molar-refractivity contribution in [1.29, 1.82) is 0 Å². The molecule has 2 aromatic rings. The second-order valence-electron chi connectivity index (χ2n) is 4.10. The average Bonchev–Trinajstić information content (AvgIpc) is 2.57. The van der Waals surface area contributed by atoms with Crippen LogP contribution in [0.25, 0.3) is 0 Å². The molecule has 0 radical (unpaired) electrons. The fourth-order valence-electron chi connectivity index (χ4n) is 1.86. The van der Waals surface area contributed by atoms with Crippen molar-refractivity contribution >= 4 is 31.9 Å². The average molecular weight is 374 g/mol. The number of hydrogen-bond acceptors (Lipinski definition) is 2. The topological polar surface area (TPSA) is 27.1 Å². The zero-order valence-electron chi connectivity index (χ0n) is 10.5. The van der Waals surface area contributed by atoms with E-state index in [1.54, 1.807) is 7.11 Å². The van der Waals surface area contributed by atoms with Crippen LogP contribution in [-0.4, -0.2) is 16.9 Å². The van der Waals surface area contributed by atoms with Crippen LogP contribution in [0.15, 0.2) is 27.1 Å². The molecule has 0 aliphatic carbocycles. The highest BCUT2D eigenvalue weighted by atomic mass is 79.9. The SMILES string of the molecule is COc1ccc(Br)cc1Cn1nc(C)c(Br)c1C. The number of halogens is 2. The number of rotatable bonds is 3. The van der Waals surface area contributed by atoms with Gasteiger partial charge in [-0.15, -0.1) is 0 Å². The number of nitrogens with zero attached hydrogens (tertiary/aromatic N) is 2. The number of methoxy groups -OCH3 is 1. The molecule has 18 heavy (non-hydrogen) atoms. The van der Waals surface area contributed by atoms with E-state index in [0.717, 1.165) is 31.6 Å². The van der Waals surface area contributed by atoms with Crippen LogP contribution in [0.1, 0.15) is 17.0 Å². The molecule has 1 aromatic carbocycles. The highest BCUT2D eigenvalue weighted by Crippen LogP contribution is 2.26. The van der Waals surface area contributed by atoms with Crippen LogP contribution in [0.4, 0.5) is 0 Å². The number of hydrogen-bond donors (Lipinski definition) is 0. The van der Waals surface area contributed by atoms with Gasteiger partial charge in [0.05, 0.1) is 29.5 Å². The van der Waals surface area contributed by atoms with Crippen LogP contribution in [-0.2, 0) is 6.54 Å². The van der Waals surface area contributed by atoms with Gasteiger partial charge in [0.15, 0.2) is 0 Å². The van der Waals surface area contributed by atoms with Gasteiger partial charge in [-0.3, -0.25) is 4.68 Å². The molecule has 0 N–H and O–H groups in total. The van der Waals surface area contributed by atoms with Gasteiger partial charge in [0, 0.05) is 10.0 Å². The van der Waals surface area contributed by atoms with E-state index in [1.807, 2.05) is 23.7 Å². The Labute approximate surface area is 123 Å². The number of benzene rings is 1. The Balaban J connectivity index is 2.39. The molecule has 0 amide bonds. The van der Waals surface area contributed by atoms with Gasteiger partial charge >= 0.3 is 0 Å².